The quantitative estimate of drug-likeness (QED) is 0.0334. The van der Waals surface area contributed by atoms with E-state index in [0.29, 0.717) is 0 Å². The summed E-state index contributed by atoms with van der Waals surface area (Å²) >= 11 is 16.4. The predicted molar refractivity (Wildman–Crippen MR) is 421 cm³/mol. The first-order chi connectivity index (χ1) is 44.2. The second-order valence-corrected chi connectivity index (χ2v) is 34.9. The Morgan fingerprint density at radius 2 is 0.544 bits per heavy atom. The Morgan fingerprint density at radius 3 is 0.933 bits per heavy atom. The van der Waals surface area contributed by atoms with Crippen LogP contribution in [0.3, 0.4) is 0 Å². The molecule has 0 aliphatic carbocycles. The summed E-state index contributed by atoms with van der Waals surface area (Å²) in [6, 6.07) is 20.5. The Bertz CT molecular complexity index is 3170. The van der Waals surface area contributed by atoms with Crippen molar-refractivity contribution >= 4 is 90.7 Å². The molecule has 0 saturated carbocycles. The van der Waals surface area contributed by atoms with Crippen molar-refractivity contribution in [2.45, 2.75) is 326 Å². The molecule has 0 nitrogen and oxygen atoms in total. The summed E-state index contributed by atoms with van der Waals surface area (Å²) in [5.74, 6) is 0. The molecule has 0 N–H and O–H groups in total. The zero-order valence-corrected chi connectivity index (χ0v) is 64.9. The van der Waals surface area contributed by atoms with Crippen LogP contribution in [0.5, 0.6) is 0 Å². The van der Waals surface area contributed by atoms with Gasteiger partial charge in [-0.1, -0.05) is 209 Å². The maximum absolute atomic E-state index is 2.65. The van der Waals surface area contributed by atoms with Gasteiger partial charge in [0, 0.05) is 68.3 Å². The second kappa shape index (κ2) is 42.9. The van der Waals surface area contributed by atoms with Crippen LogP contribution >= 0.6 is 90.7 Å². The van der Waals surface area contributed by atoms with Gasteiger partial charge in [0.15, 0.2) is 0 Å². The van der Waals surface area contributed by atoms with E-state index in [9.17, 15) is 0 Å². The minimum atomic E-state index is 1.20. The zero-order chi connectivity index (χ0) is 63.7. The van der Waals surface area contributed by atoms with Crippen molar-refractivity contribution in [2.24, 2.45) is 0 Å². The molecule has 0 atom stereocenters. The van der Waals surface area contributed by atoms with Crippen LogP contribution in [0.15, 0.2) is 59.3 Å². The first-order valence-electron chi connectivity index (χ1n) is 37.0. The third kappa shape index (κ3) is 23.8. The fourth-order valence-corrected chi connectivity index (χ4v) is 22.6. The summed E-state index contributed by atoms with van der Waals surface area (Å²) in [4.78, 5) is 21.4. The van der Waals surface area contributed by atoms with E-state index in [2.05, 4.69) is 185 Å². The Balaban J connectivity index is 0.000000289. The molecule has 8 heteroatoms. The fourth-order valence-electron chi connectivity index (χ4n) is 12.9. The highest BCUT2D eigenvalue weighted by Gasteiger charge is 2.24. The van der Waals surface area contributed by atoms with E-state index in [1.165, 1.54) is 301 Å². The number of unbranched alkanes of at least 4 members (excludes halogenated alkanes) is 24. The zero-order valence-electron chi connectivity index (χ0n) is 58.3. The van der Waals surface area contributed by atoms with Crippen LogP contribution in [0.1, 0.15) is 315 Å². The van der Waals surface area contributed by atoms with Crippen LogP contribution in [0, 0.1) is 13.8 Å². The monoisotopic (exact) mass is 1360 g/mol. The molecule has 0 spiro atoms. The lowest BCUT2D eigenvalue weighted by Gasteiger charge is -2.02. The highest BCUT2D eigenvalue weighted by molar-refractivity contribution is 7.30. The first kappa shape index (κ1) is 75.0. The molecule has 0 fully saturated rings. The molecular weight excluding hydrogens is 1240 g/mol. The summed E-state index contributed by atoms with van der Waals surface area (Å²) in [5, 5.41) is 4.77. The van der Waals surface area contributed by atoms with Crippen molar-refractivity contribution in [1.29, 1.82) is 0 Å². The molecule has 0 aliphatic heterocycles. The Morgan fingerprint density at radius 1 is 0.244 bits per heavy atom. The average molecular weight is 1360 g/mol. The summed E-state index contributed by atoms with van der Waals surface area (Å²) in [6.07, 6.45) is 52.3. The largest absolute Gasteiger partial charge is 0.143 e. The molecule has 8 heterocycles. The molecule has 8 rings (SSSR count). The molecule has 0 aliphatic rings. The number of hydrogen-bond acceptors (Lipinski definition) is 8. The molecule has 0 aromatic carbocycles. The highest BCUT2D eigenvalue weighted by atomic mass is 32.1. The van der Waals surface area contributed by atoms with Crippen molar-refractivity contribution in [1.82, 2.24) is 0 Å². The van der Waals surface area contributed by atoms with Gasteiger partial charge in [-0.15, -0.1) is 90.7 Å². The SMILES string of the molecule is CCCCCCc1cc(-c2sc(-c3sc(-c4sc(-c5sccc5CCCCCC)cc4CCCCCC)cc3CCCCCC)cc2CCCCCC)sc1C.CCCCCCc1csc(-c2sc(-c3sc(C)cc3CCCCCC)cc2CCCCCC)c1. The number of hydrogen-bond donors (Lipinski definition) is 0. The Kier molecular flexibility index (Phi) is 35.8. The molecule has 0 saturated heterocycles. The topological polar surface area (TPSA) is 0 Å². The molecule has 0 radical (unpaired) electrons. The summed E-state index contributed by atoms with van der Waals surface area (Å²) in [5.41, 5.74) is 12.7. The molecule has 0 unspecified atom stereocenters. The fraction of sp³-hybridized carbons (Fsp3) is 0.610. The van der Waals surface area contributed by atoms with Crippen LogP contribution < -0.4 is 0 Å². The number of thiophene rings is 8. The van der Waals surface area contributed by atoms with Crippen molar-refractivity contribution in [2.75, 3.05) is 0 Å². The third-order valence-electron chi connectivity index (χ3n) is 18.3. The lowest BCUT2D eigenvalue weighted by Crippen LogP contribution is -1.87. The highest BCUT2D eigenvalue weighted by Crippen LogP contribution is 2.51. The first-order valence-corrected chi connectivity index (χ1v) is 43.7. The standard InChI is InChI=1S/C51H74S5.C31H46S3/c1-7-12-17-22-27-39-32-33-52-48(39)44-35-41(29-24-19-14-9-3)50(54-44)46-37-43(31-26-21-16-11-5)51(56-46)47-36-42(30-25-20-15-10-4)49(55-47)45-34-40(38(6)53-45)28-23-18-13-8-2;1-5-8-11-14-17-25-21-28(32-23-25)30-27(19-16-13-10-7-3)22-29(34-30)31-26(20-24(4)33-31)18-15-12-9-6-2/h32-37H,7-31H2,1-6H3;20-23H,5-19H2,1-4H3. The van der Waals surface area contributed by atoms with Gasteiger partial charge in [-0.3, -0.25) is 0 Å². The molecular formula is C82H120S8. The van der Waals surface area contributed by atoms with E-state index in [1.807, 2.05) is 34.0 Å². The third-order valence-corrected chi connectivity index (χ3v) is 28.3. The van der Waals surface area contributed by atoms with Gasteiger partial charge in [0.2, 0.25) is 0 Å². The van der Waals surface area contributed by atoms with Crippen molar-refractivity contribution in [3.8, 4) is 58.5 Å². The molecule has 496 valence electrons. The van der Waals surface area contributed by atoms with E-state index in [4.69, 9.17) is 0 Å². The number of aryl methyl sites for hydroxylation is 10. The lowest BCUT2D eigenvalue weighted by molar-refractivity contribution is 0.666. The van der Waals surface area contributed by atoms with E-state index in [-0.39, 0.29) is 0 Å². The molecule has 8 aromatic heterocycles. The minimum absolute atomic E-state index is 1.20. The van der Waals surface area contributed by atoms with Crippen LogP contribution in [0.4, 0.5) is 0 Å². The van der Waals surface area contributed by atoms with E-state index >= 15 is 0 Å². The van der Waals surface area contributed by atoms with Crippen molar-refractivity contribution in [3.63, 3.8) is 0 Å². The summed E-state index contributed by atoms with van der Waals surface area (Å²) < 4.78 is 0. The summed E-state index contributed by atoms with van der Waals surface area (Å²) in [7, 11) is 0. The second-order valence-electron chi connectivity index (χ2n) is 26.3. The normalized spacial score (nSPS) is 11.7. The van der Waals surface area contributed by atoms with Gasteiger partial charge in [0.05, 0.1) is 0 Å². The number of rotatable bonds is 46. The average Bonchev–Trinajstić information content (AvgIpc) is 1.65. The van der Waals surface area contributed by atoms with Gasteiger partial charge in [-0.2, -0.15) is 0 Å². The molecule has 0 bridgehead atoms. The van der Waals surface area contributed by atoms with E-state index in [1.54, 1.807) is 68.9 Å². The Hall–Kier alpha value is -2.40. The van der Waals surface area contributed by atoms with Crippen molar-refractivity contribution < 1.29 is 0 Å². The Labute approximate surface area is 583 Å². The lowest BCUT2D eigenvalue weighted by atomic mass is 10.0. The van der Waals surface area contributed by atoms with Gasteiger partial charge in [0.25, 0.3) is 0 Å². The molecule has 0 amide bonds. The van der Waals surface area contributed by atoms with Gasteiger partial charge >= 0.3 is 0 Å². The van der Waals surface area contributed by atoms with Crippen LogP contribution in [0.25, 0.3) is 58.5 Å². The van der Waals surface area contributed by atoms with Crippen LogP contribution in [-0.4, -0.2) is 0 Å². The maximum atomic E-state index is 2.65. The summed E-state index contributed by atoms with van der Waals surface area (Å²) in [6.45, 7) is 23.2. The smallest absolute Gasteiger partial charge is 0.0481 e. The van der Waals surface area contributed by atoms with Crippen molar-refractivity contribution in [3.05, 3.63) is 114 Å². The van der Waals surface area contributed by atoms with Gasteiger partial charge in [0.1, 0.15) is 0 Å². The van der Waals surface area contributed by atoms with Gasteiger partial charge in [-0.05, 0) is 220 Å². The molecule has 90 heavy (non-hydrogen) atoms. The van der Waals surface area contributed by atoms with Crippen LogP contribution in [0.2, 0.25) is 0 Å². The van der Waals surface area contributed by atoms with E-state index < -0.39 is 0 Å². The predicted octanol–water partition coefficient (Wildman–Crippen LogP) is 31.5. The maximum Gasteiger partial charge on any atom is 0.0481 e. The van der Waals surface area contributed by atoms with Gasteiger partial charge in [-0.25, -0.2) is 0 Å². The molecule has 8 aromatic rings. The van der Waals surface area contributed by atoms with Crippen LogP contribution in [-0.2, 0) is 51.4 Å². The van der Waals surface area contributed by atoms with Gasteiger partial charge < -0.3 is 0 Å². The van der Waals surface area contributed by atoms with E-state index in [0.717, 1.165) is 0 Å². The minimum Gasteiger partial charge on any atom is -0.143 e.